The highest BCUT2D eigenvalue weighted by atomic mass is 16.1. The molecule has 0 unspecified atom stereocenters. The smallest absolute Gasteiger partial charge is 0.142 e. The molecular formula is C13H10O2. The van der Waals surface area contributed by atoms with Gasteiger partial charge in [0.15, 0.2) is 0 Å². The van der Waals surface area contributed by atoms with E-state index in [4.69, 9.17) is 0 Å². The lowest BCUT2D eigenvalue weighted by atomic mass is 10.1. The van der Waals surface area contributed by atoms with Gasteiger partial charge < -0.3 is 4.79 Å². The van der Waals surface area contributed by atoms with E-state index in [9.17, 15) is 9.59 Å². The first-order valence-electron chi connectivity index (χ1n) is 4.51. The van der Waals surface area contributed by atoms with Crippen LogP contribution in [-0.2, 0) is 9.59 Å². The molecule has 0 aliphatic rings. The molecule has 0 bridgehead atoms. The maximum absolute atomic E-state index is 10.1. The Morgan fingerprint density at radius 2 is 1.87 bits per heavy atom. The quantitative estimate of drug-likeness (QED) is 0.422. The summed E-state index contributed by atoms with van der Waals surface area (Å²) < 4.78 is 0. The number of carbonyl (C=O) groups excluding carboxylic acids is 2. The minimum Gasteiger partial charge on any atom is -0.302 e. The minimum absolute atomic E-state index is 0.257. The van der Waals surface area contributed by atoms with Crippen LogP contribution in [-0.4, -0.2) is 12.6 Å². The van der Waals surface area contributed by atoms with E-state index in [1.807, 2.05) is 24.3 Å². The summed E-state index contributed by atoms with van der Waals surface area (Å²) in [4.78, 5) is 20.1. The molecule has 0 amide bonds. The van der Waals surface area contributed by atoms with Crippen molar-refractivity contribution in [3.63, 3.8) is 0 Å². The molecule has 0 fully saturated rings. The molecule has 2 nitrogen and oxygen atoms in total. The van der Waals surface area contributed by atoms with E-state index < -0.39 is 0 Å². The van der Waals surface area contributed by atoms with Crippen LogP contribution in [0.3, 0.4) is 0 Å². The SMILES string of the molecule is O=C/C=C/c1ccc(C#CCC=O)cc1. The number of hydrogen-bond acceptors (Lipinski definition) is 2. The summed E-state index contributed by atoms with van der Waals surface area (Å²) in [6.07, 6.45) is 4.92. The van der Waals surface area contributed by atoms with Gasteiger partial charge in [0.1, 0.15) is 12.6 Å². The van der Waals surface area contributed by atoms with E-state index in [0.29, 0.717) is 0 Å². The molecule has 2 heteroatoms. The highest BCUT2D eigenvalue weighted by Crippen LogP contribution is 2.04. The van der Waals surface area contributed by atoms with Crippen LogP contribution in [0.5, 0.6) is 0 Å². The van der Waals surface area contributed by atoms with E-state index in [-0.39, 0.29) is 6.42 Å². The summed E-state index contributed by atoms with van der Waals surface area (Å²) in [7, 11) is 0. The van der Waals surface area contributed by atoms with Crippen molar-refractivity contribution >= 4 is 18.6 Å². The molecule has 0 aliphatic carbocycles. The lowest BCUT2D eigenvalue weighted by Crippen LogP contribution is -1.76. The van der Waals surface area contributed by atoms with Crippen LogP contribution < -0.4 is 0 Å². The minimum atomic E-state index is 0.257. The zero-order chi connectivity index (χ0) is 10.9. The molecule has 0 atom stereocenters. The van der Waals surface area contributed by atoms with Crippen LogP contribution in [0.2, 0.25) is 0 Å². The van der Waals surface area contributed by atoms with Crippen LogP contribution in [0, 0.1) is 11.8 Å². The fourth-order valence-corrected chi connectivity index (χ4v) is 1.02. The lowest BCUT2D eigenvalue weighted by molar-refractivity contribution is -0.107. The van der Waals surface area contributed by atoms with Crippen molar-refractivity contribution in [2.24, 2.45) is 0 Å². The fourth-order valence-electron chi connectivity index (χ4n) is 1.02. The highest BCUT2D eigenvalue weighted by Gasteiger charge is 1.87. The van der Waals surface area contributed by atoms with Crippen molar-refractivity contribution in [3.8, 4) is 11.8 Å². The third kappa shape index (κ3) is 4.06. The summed E-state index contributed by atoms with van der Waals surface area (Å²) in [5.41, 5.74) is 1.81. The normalized spacial score (nSPS) is 9.33. The average Bonchev–Trinajstić information content (AvgIpc) is 2.28. The monoisotopic (exact) mass is 198 g/mol. The molecule has 1 aromatic carbocycles. The van der Waals surface area contributed by atoms with Crippen molar-refractivity contribution < 1.29 is 9.59 Å². The Balaban J connectivity index is 2.73. The summed E-state index contributed by atoms with van der Waals surface area (Å²) in [5.74, 6) is 5.58. The van der Waals surface area contributed by atoms with Gasteiger partial charge in [-0.25, -0.2) is 0 Å². The highest BCUT2D eigenvalue weighted by molar-refractivity contribution is 5.73. The maximum Gasteiger partial charge on any atom is 0.142 e. The van der Waals surface area contributed by atoms with Gasteiger partial charge in [-0.15, -0.1) is 0 Å². The number of benzene rings is 1. The van der Waals surface area contributed by atoms with Gasteiger partial charge in [-0.3, -0.25) is 4.79 Å². The van der Waals surface area contributed by atoms with Gasteiger partial charge >= 0.3 is 0 Å². The standard InChI is InChI=1S/C13H10O2/c14-10-2-1-4-12-6-8-13(9-7-12)5-3-11-15/h3,5-11H,2H2/b5-3+. The lowest BCUT2D eigenvalue weighted by Gasteiger charge is -1.92. The van der Waals surface area contributed by atoms with Crippen LogP contribution >= 0.6 is 0 Å². The van der Waals surface area contributed by atoms with Gasteiger partial charge in [0, 0.05) is 5.56 Å². The molecule has 15 heavy (non-hydrogen) atoms. The molecule has 0 spiro atoms. The zero-order valence-electron chi connectivity index (χ0n) is 8.14. The molecular weight excluding hydrogens is 188 g/mol. The average molecular weight is 198 g/mol. The van der Waals surface area contributed by atoms with Crippen LogP contribution in [0.25, 0.3) is 6.08 Å². The van der Waals surface area contributed by atoms with E-state index in [1.165, 1.54) is 6.08 Å². The third-order valence-electron chi connectivity index (χ3n) is 1.70. The first-order chi connectivity index (χ1) is 7.36. The van der Waals surface area contributed by atoms with Crippen molar-refractivity contribution in [1.82, 2.24) is 0 Å². The second-order valence-corrected chi connectivity index (χ2v) is 2.79. The van der Waals surface area contributed by atoms with Gasteiger partial charge in [0.2, 0.25) is 0 Å². The first kappa shape index (κ1) is 10.9. The van der Waals surface area contributed by atoms with Crippen LogP contribution in [0.1, 0.15) is 17.5 Å². The zero-order valence-corrected chi connectivity index (χ0v) is 8.14. The Kier molecular flexibility index (Phi) is 4.62. The van der Waals surface area contributed by atoms with Gasteiger partial charge in [0.05, 0.1) is 6.42 Å². The Bertz CT molecular complexity index is 416. The number of hydrogen-bond donors (Lipinski definition) is 0. The summed E-state index contributed by atoms with van der Waals surface area (Å²) in [5, 5.41) is 0. The molecule has 0 heterocycles. The van der Waals surface area contributed by atoms with Gasteiger partial charge in [0.25, 0.3) is 0 Å². The summed E-state index contributed by atoms with van der Waals surface area (Å²) in [6.45, 7) is 0. The summed E-state index contributed by atoms with van der Waals surface area (Å²) in [6, 6.07) is 7.43. The molecule has 0 radical (unpaired) electrons. The Hall–Kier alpha value is -2.14. The van der Waals surface area contributed by atoms with E-state index in [1.54, 1.807) is 6.08 Å². The molecule has 74 valence electrons. The largest absolute Gasteiger partial charge is 0.302 e. The summed E-state index contributed by atoms with van der Waals surface area (Å²) >= 11 is 0. The molecule has 0 saturated carbocycles. The van der Waals surface area contributed by atoms with Crippen LogP contribution in [0.4, 0.5) is 0 Å². The molecule has 0 aromatic heterocycles. The third-order valence-corrected chi connectivity index (χ3v) is 1.70. The molecule has 1 aromatic rings. The Labute approximate surface area is 88.6 Å². The van der Waals surface area contributed by atoms with Crippen molar-refractivity contribution in [2.75, 3.05) is 0 Å². The van der Waals surface area contributed by atoms with Crippen molar-refractivity contribution in [1.29, 1.82) is 0 Å². The van der Waals surface area contributed by atoms with Crippen molar-refractivity contribution in [3.05, 3.63) is 41.5 Å². The first-order valence-corrected chi connectivity index (χ1v) is 4.51. The van der Waals surface area contributed by atoms with Gasteiger partial charge in [-0.2, -0.15) is 0 Å². The molecule has 1 rings (SSSR count). The van der Waals surface area contributed by atoms with Crippen LogP contribution in [0.15, 0.2) is 30.3 Å². The maximum atomic E-state index is 10.1. The molecule has 0 aliphatic heterocycles. The number of aldehydes is 2. The number of allylic oxidation sites excluding steroid dienone is 1. The molecule has 0 N–H and O–H groups in total. The van der Waals surface area contributed by atoms with Gasteiger partial charge in [-0.05, 0) is 23.8 Å². The van der Waals surface area contributed by atoms with E-state index in [0.717, 1.165) is 23.7 Å². The topological polar surface area (TPSA) is 34.1 Å². The van der Waals surface area contributed by atoms with E-state index in [2.05, 4.69) is 11.8 Å². The Morgan fingerprint density at radius 1 is 1.13 bits per heavy atom. The van der Waals surface area contributed by atoms with Gasteiger partial charge in [-0.1, -0.05) is 30.0 Å². The number of carbonyl (C=O) groups is 2. The molecule has 0 saturated heterocycles. The van der Waals surface area contributed by atoms with Crippen molar-refractivity contribution in [2.45, 2.75) is 6.42 Å². The number of rotatable bonds is 3. The fraction of sp³-hybridized carbons (Fsp3) is 0.0769. The predicted octanol–water partition coefficient (Wildman–Crippen LogP) is 1.84. The second kappa shape index (κ2) is 6.33. The Morgan fingerprint density at radius 3 is 2.47 bits per heavy atom. The second-order valence-electron chi connectivity index (χ2n) is 2.79. The van der Waals surface area contributed by atoms with E-state index >= 15 is 0 Å². The predicted molar refractivity (Wildman–Crippen MR) is 59.1 cm³/mol.